The van der Waals surface area contributed by atoms with Crippen LogP contribution in [0.2, 0.25) is 5.02 Å². The minimum atomic E-state index is -3.69. The van der Waals surface area contributed by atoms with Gasteiger partial charge in [-0.3, -0.25) is 9.59 Å². The number of amides is 2. The highest BCUT2D eigenvalue weighted by Crippen LogP contribution is 2.13. The van der Waals surface area contributed by atoms with Crippen LogP contribution in [0.25, 0.3) is 0 Å². The van der Waals surface area contributed by atoms with Crippen LogP contribution in [0.4, 0.5) is 0 Å². The number of carbonyl (C=O) groups is 2. The number of sulfonamides is 1. The van der Waals surface area contributed by atoms with Crippen molar-refractivity contribution >= 4 is 33.4 Å². The van der Waals surface area contributed by atoms with Crippen molar-refractivity contribution in [1.82, 2.24) is 14.5 Å². The average molecular weight is 362 g/mol. The number of likely N-dealkylation sites (N-methyl/N-ethyl adjacent to an activating group) is 2. The normalized spacial score (nSPS) is 11.1. The lowest BCUT2D eigenvalue weighted by atomic mass is 10.3. The van der Waals surface area contributed by atoms with Gasteiger partial charge in [-0.2, -0.15) is 0 Å². The van der Waals surface area contributed by atoms with Gasteiger partial charge >= 0.3 is 0 Å². The van der Waals surface area contributed by atoms with Crippen LogP contribution >= 0.6 is 11.6 Å². The van der Waals surface area contributed by atoms with Crippen molar-refractivity contribution in [2.75, 3.05) is 34.2 Å². The zero-order valence-electron chi connectivity index (χ0n) is 13.2. The molecule has 1 N–H and O–H groups in total. The van der Waals surface area contributed by atoms with E-state index >= 15 is 0 Å². The fourth-order valence-electron chi connectivity index (χ4n) is 1.61. The predicted molar refractivity (Wildman–Crippen MR) is 87.6 cm³/mol. The first-order valence-electron chi connectivity index (χ1n) is 6.83. The van der Waals surface area contributed by atoms with Crippen LogP contribution in [-0.4, -0.2) is 64.3 Å². The number of hydrogen-bond acceptors (Lipinski definition) is 4. The molecule has 0 aliphatic rings. The van der Waals surface area contributed by atoms with Crippen LogP contribution < -0.4 is 4.72 Å². The summed E-state index contributed by atoms with van der Waals surface area (Å²) in [4.78, 5) is 26.1. The molecule has 0 spiro atoms. The molecule has 0 aromatic heterocycles. The van der Waals surface area contributed by atoms with Gasteiger partial charge in [-0.1, -0.05) is 11.6 Å². The van der Waals surface area contributed by atoms with E-state index in [4.69, 9.17) is 11.6 Å². The molecule has 0 saturated carbocycles. The first kappa shape index (κ1) is 19.4. The monoisotopic (exact) mass is 361 g/mol. The summed E-state index contributed by atoms with van der Waals surface area (Å²) in [7, 11) is 1.00. The van der Waals surface area contributed by atoms with E-state index in [1.807, 2.05) is 0 Å². The third kappa shape index (κ3) is 6.17. The first-order chi connectivity index (χ1) is 10.6. The van der Waals surface area contributed by atoms with Crippen molar-refractivity contribution in [3.63, 3.8) is 0 Å². The standard InChI is InChI=1S/C14H20ClN3O4S/c1-17(2)14(20)10-18(3)13(19)8-9-16-23(21,22)12-6-4-11(15)5-7-12/h4-7,16H,8-10H2,1-3H3. The molecule has 2 amide bonds. The maximum absolute atomic E-state index is 12.0. The van der Waals surface area contributed by atoms with Crippen LogP contribution in [0.3, 0.4) is 0 Å². The van der Waals surface area contributed by atoms with Crippen LogP contribution in [0, 0.1) is 0 Å². The van der Waals surface area contributed by atoms with Crippen LogP contribution in [0.1, 0.15) is 6.42 Å². The van der Waals surface area contributed by atoms with Gasteiger partial charge in [0.25, 0.3) is 0 Å². The van der Waals surface area contributed by atoms with Crippen molar-refractivity contribution in [3.8, 4) is 0 Å². The van der Waals surface area contributed by atoms with E-state index in [-0.39, 0.29) is 36.2 Å². The molecule has 0 fully saturated rings. The van der Waals surface area contributed by atoms with Crippen molar-refractivity contribution in [1.29, 1.82) is 0 Å². The molecule has 1 rings (SSSR count). The molecule has 1 aromatic carbocycles. The molecule has 0 heterocycles. The van der Waals surface area contributed by atoms with Crippen LogP contribution in [-0.2, 0) is 19.6 Å². The van der Waals surface area contributed by atoms with E-state index in [1.165, 1.54) is 41.1 Å². The largest absolute Gasteiger partial charge is 0.347 e. The zero-order chi connectivity index (χ0) is 17.6. The Hall–Kier alpha value is -1.64. The Bertz CT molecular complexity index is 659. The summed E-state index contributed by atoms with van der Waals surface area (Å²) in [5, 5.41) is 0.436. The van der Waals surface area contributed by atoms with Gasteiger partial charge in [0, 0.05) is 39.1 Å². The van der Waals surface area contributed by atoms with Gasteiger partial charge in [0.15, 0.2) is 0 Å². The topological polar surface area (TPSA) is 86.8 Å². The average Bonchev–Trinajstić information content (AvgIpc) is 2.47. The molecule has 1 aromatic rings. The second-order valence-corrected chi connectivity index (χ2v) is 7.34. The number of nitrogens with one attached hydrogen (secondary N) is 1. The summed E-state index contributed by atoms with van der Waals surface area (Å²) < 4.78 is 26.4. The van der Waals surface area contributed by atoms with Crippen LogP contribution in [0.15, 0.2) is 29.2 Å². The second-order valence-electron chi connectivity index (χ2n) is 5.14. The maximum atomic E-state index is 12.0. The minimum absolute atomic E-state index is 0.0377. The van der Waals surface area contributed by atoms with E-state index in [9.17, 15) is 18.0 Å². The molecule has 0 aliphatic heterocycles. The Balaban J connectivity index is 2.51. The summed E-state index contributed by atoms with van der Waals surface area (Å²) in [5.74, 6) is -0.526. The highest BCUT2D eigenvalue weighted by Gasteiger charge is 2.17. The number of halogens is 1. The van der Waals surface area contributed by atoms with Gasteiger partial charge in [0.05, 0.1) is 11.4 Å². The summed E-state index contributed by atoms with van der Waals surface area (Å²) in [6, 6.07) is 5.71. The summed E-state index contributed by atoms with van der Waals surface area (Å²) >= 11 is 5.71. The van der Waals surface area contributed by atoms with Crippen molar-refractivity contribution in [3.05, 3.63) is 29.3 Å². The van der Waals surface area contributed by atoms with Crippen LogP contribution in [0.5, 0.6) is 0 Å². The Morgan fingerprint density at radius 2 is 1.65 bits per heavy atom. The van der Waals surface area contributed by atoms with Crippen molar-refractivity contribution < 1.29 is 18.0 Å². The Kier molecular flexibility index (Phi) is 6.99. The highest BCUT2D eigenvalue weighted by molar-refractivity contribution is 7.89. The van der Waals surface area contributed by atoms with Gasteiger partial charge in [-0.05, 0) is 24.3 Å². The third-order valence-electron chi connectivity index (χ3n) is 3.05. The van der Waals surface area contributed by atoms with Gasteiger partial charge in [0.1, 0.15) is 0 Å². The SMILES string of the molecule is CN(C)C(=O)CN(C)C(=O)CCNS(=O)(=O)c1ccc(Cl)cc1. The lowest BCUT2D eigenvalue weighted by Crippen LogP contribution is -2.39. The molecule has 0 saturated heterocycles. The molecular weight excluding hydrogens is 342 g/mol. The number of benzene rings is 1. The molecular formula is C14H20ClN3O4S. The van der Waals surface area contributed by atoms with E-state index in [1.54, 1.807) is 14.1 Å². The maximum Gasteiger partial charge on any atom is 0.241 e. The lowest BCUT2D eigenvalue weighted by molar-refractivity contribution is -0.137. The number of rotatable bonds is 7. The molecule has 0 radical (unpaired) electrons. The van der Waals surface area contributed by atoms with Crippen molar-refractivity contribution in [2.24, 2.45) is 0 Å². The van der Waals surface area contributed by atoms with E-state index in [2.05, 4.69) is 4.72 Å². The quantitative estimate of drug-likeness (QED) is 0.768. The fraction of sp³-hybridized carbons (Fsp3) is 0.429. The smallest absolute Gasteiger partial charge is 0.241 e. The second kappa shape index (κ2) is 8.28. The molecule has 0 bridgehead atoms. The van der Waals surface area contributed by atoms with Gasteiger partial charge < -0.3 is 9.80 Å². The predicted octanol–water partition coefficient (Wildman–Crippen LogP) is 0.555. The zero-order valence-corrected chi connectivity index (χ0v) is 14.8. The molecule has 0 unspecified atom stereocenters. The number of hydrogen-bond donors (Lipinski definition) is 1. The Labute approximate surface area is 141 Å². The molecule has 9 heteroatoms. The highest BCUT2D eigenvalue weighted by atomic mass is 35.5. The third-order valence-corrected chi connectivity index (χ3v) is 4.78. The summed E-state index contributed by atoms with van der Waals surface area (Å²) in [6.07, 6.45) is -0.0377. The van der Waals surface area contributed by atoms with Gasteiger partial charge in [-0.15, -0.1) is 0 Å². The van der Waals surface area contributed by atoms with Crippen molar-refractivity contribution in [2.45, 2.75) is 11.3 Å². The van der Waals surface area contributed by atoms with Gasteiger partial charge in [-0.25, -0.2) is 13.1 Å². The molecule has 0 atom stereocenters. The summed E-state index contributed by atoms with van der Waals surface area (Å²) in [6.45, 7) is -0.0972. The Morgan fingerprint density at radius 1 is 1.09 bits per heavy atom. The van der Waals surface area contributed by atoms with E-state index in [0.29, 0.717) is 5.02 Å². The molecule has 128 valence electrons. The number of nitrogens with zero attached hydrogens (tertiary/aromatic N) is 2. The molecule has 7 nitrogen and oxygen atoms in total. The lowest BCUT2D eigenvalue weighted by Gasteiger charge is -2.19. The number of carbonyl (C=O) groups excluding carboxylic acids is 2. The molecule has 23 heavy (non-hydrogen) atoms. The van der Waals surface area contributed by atoms with E-state index in [0.717, 1.165) is 0 Å². The molecule has 0 aliphatic carbocycles. The van der Waals surface area contributed by atoms with E-state index < -0.39 is 10.0 Å². The summed E-state index contributed by atoms with van der Waals surface area (Å²) in [5.41, 5.74) is 0. The van der Waals surface area contributed by atoms with Gasteiger partial charge in [0.2, 0.25) is 21.8 Å². The first-order valence-corrected chi connectivity index (χ1v) is 8.69. The Morgan fingerprint density at radius 3 is 2.17 bits per heavy atom. The minimum Gasteiger partial charge on any atom is -0.347 e. The fourth-order valence-corrected chi connectivity index (χ4v) is 2.77.